The Balaban J connectivity index is 2.26. The molecule has 2 aromatic rings. The summed E-state index contributed by atoms with van der Waals surface area (Å²) < 4.78 is 5.28. The molecule has 1 aromatic heterocycles. The summed E-state index contributed by atoms with van der Waals surface area (Å²) >= 11 is 1.61. The summed E-state index contributed by atoms with van der Waals surface area (Å²) in [6.07, 6.45) is 1.70. The van der Waals surface area contributed by atoms with Gasteiger partial charge in [-0.05, 0) is 24.3 Å². The van der Waals surface area contributed by atoms with Gasteiger partial charge in [-0.15, -0.1) is 0 Å². The van der Waals surface area contributed by atoms with Crippen LogP contribution in [0.4, 0.5) is 5.82 Å². The molecule has 2 rings (SSSR count). The van der Waals surface area contributed by atoms with E-state index < -0.39 is 0 Å². The summed E-state index contributed by atoms with van der Waals surface area (Å²) in [5, 5.41) is 0. The zero-order valence-electron chi connectivity index (χ0n) is 8.88. The lowest BCUT2D eigenvalue weighted by Crippen LogP contribution is -1.89. The Kier molecular flexibility index (Phi) is 3.31. The number of nitrogens with zero attached hydrogens (tertiary/aromatic N) is 1. The minimum absolute atomic E-state index is 0.528. The molecule has 4 heteroatoms. The molecule has 0 radical (unpaired) electrons. The zero-order valence-corrected chi connectivity index (χ0v) is 9.70. The number of ether oxygens (including phenoxy) is 1. The number of aromatic nitrogens is 1. The molecule has 0 amide bonds. The fourth-order valence-electron chi connectivity index (χ4n) is 1.32. The Hall–Kier alpha value is -1.68. The maximum absolute atomic E-state index is 5.63. The lowest BCUT2D eigenvalue weighted by atomic mass is 10.3. The molecular formula is C12H12N2OS. The van der Waals surface area contributed by atoms with E-state index in [0.717, 1.165) is 15.5 Å². The Labute approximate surface area is 98.6 Å². The van der Waals surface area contributed by atoms with Crippen LogP contribution in [0.1, 0.15) is 0 Å². The van der Waals surface area contributed by atoms with Crippen molar-refractivity contribution in [3.63, 3.8) is 0 Å². The van der Waals surface area contributed by atoms with Gasteiger partial charge in [-0.3, -0.25) is 0 Å². The first kappa shape index (κ1) is 10.8. The molecule has 0 bridgehead atoms. The smallest absolute Gasteiger partial charge is 0.132 e. The van der Waals surface area contributed by atoms with Crippen molar-refractivity contribution >= 4 is 17.6 Å². The topological polar surface area (TPSA) is 48.1 Å². The second-order valence-electron chi connectivity index (χ2n) is 3.17. The van der Waals surface area contributed by atoms with Gasteiger partial charge in [-0.1, -0.05) is 23.9 Å². The summed E-state index contributed by atoms with van der Waals surface area (Å²) in [7, 11) is 1.67. The minimum atomic E-state index is 0.528. The minimum Gasteiger partial charge on any atom is -0.496 e. The van der Waals surface area contributed by atoms with Crippen LogP contribution in [0.3, 0.4) is 0 Å². The van der Waals surface area contributed by atoms with Crippen molar-refractivity contribution < 1.29 is 4.74 Å². The van der Waals surface area contributed by atoms with Gasteiger partial charge in [0, 0.05) is 11.1 Å². The molecule has 0 saturated carbocycles. The van der Waals surface area contributed by atoms with Gasteiger partial charge >= 0.3 is 0 Å². The van der Waals surface area contributed by atoms with Crippen molar-refractivity contribution in [3.8, 4) is 5.75 Å². The van der Waals surface area contributed by atoms with Crippen LogP contribution in [0.2, 0.25) is 0 Å². The standard InChI is InChI=1S/C12H12N2OS/c1-15-10-4-2-3-5-11(10)16-9-6-7-14-12(13)8-9/h2-8H,1H3,(H2,13,14). The van der Waals surface area contributed by atoms with Gasteiger partial charge in [-0.2, -0.15) is 0 Å². The van der Waals surface area contributed by atoms with Gasteiger partial charge in [0.1, 0.15) is 11.6 Å². The number of hydrogen-bond acceptors (Lipinski definition) is 4. The summed E-state index contributed by atoms with van der Waals surface area (Å²) in [4.78, 5) is 6.08. The number of para-hydroxylation sites is 1. The zero-order chi connectivity index (χ0) is 11.4. The molecular weight excluding hydrogens is 220 g/mol. The van der Waals surface area contributed by atoms with Crippen LogP contribution in [0.25, 0.3) is 0 Å². The molecule has 16 heavy (non-hydrogen) atoms. The van der Waals surface area contributed by atoms with Gasteiger partial charge in [0.2, 0.25) is 0 Å². The molecule has 0 unspecified atom stereocenters. The summed E-state index contributed by atoms with van der Waals surface area (Å²) in [6, 6.07) is 11.6. The first-order valence-corrected chi connectivity index (χ1v) is 5.63. The van der Waals surface area contributed by atoms with Gasteiger partial charge < -0.3 is 10.5 Å². The Morgan fingerprint density at radius 1 is 1.25 bits per heavy atom. The molecule has 3 nitrogen and oxygen atoms in total. The number of methoxy groups -OCH3 is 1. The highest BCUT2D eigenvalue weighted by Crippen LogP contribution is 2.34. The van der Waals surface area contributed by atoms with Crippen molar-refractivity contribution in [3.05, 3.63) is 42.6 Å². The fourth-order valence-corrected chi connectivity index (χ4v) is 2.28. The van der Waals surface area contributed by atoms with Crippen LogP contribution in [0.15, 0.2) is 52.4 Å². The largest absolute Gasteiger partial charge is 0.496 e. The predicted octanol–water partition coefficient (Wildman–Crippen LogP) is 2.82. The van der Waals surface area contributed by atoms with Gasteiger partial charge in [0.25, 0.3) is 0 Å². The van der Waals surface area contributed by atoms with Crippen molar-refractivity contribution in [2.24, 2.45) is 0 Å². The summed E-state index contributed by atoms with van der Waals surface area (Å²) in [5.41, 5.74) is 5.63. The number of nitrogen functional groups attached to an aromatic ring is 1. The number of pyridine rings is 1. The summed E-state index contributed by atoms with van der Waals surface area (Å²) in [6.45, 7) is 0. The molecule has 1 aromatic carbocycles. The first-order valence-electron chi connectivity index (χ1n) is 4.82. The predicted molar refractivity (Wildman–Crippen MR) is 65.8 cm³/mol. The second kappa shape index (κ2) is 4.90. The molecule has 82 valence electrons. The van der Waals surface area contributed by atoms with Crippen LogP contribution >= 0.6 is 11.8 Å². The molecule has 0 aliphatic carbocycles. The average molecular weight is 232 g/mol. The third kappa shape index (κ3) is 2.46. The van der Waals surface area contributed by atoms with Gasteiger partial charge in [0.05, 0.1) is 12.0 Å². The molecule has 0 spiro atoms. The third-order valence-corrected chi connectivity index (χ3v) is 3.10. The quantitative estimate of drug-likeness (QED) is 0.884. The second-order valence-corrected chi connectivity index (χ2v) is 4.28. The number of anilines is 1. The number of nitrogens with two attached hydrogens (primary N) is 1. The van der Waals surface area contributed by atoms with E-state index >= 15 is 0 Å². The van der Waals surface area contributed by atoms with Crippen molar-refractivity contribution in [1.29, 1.82) is 0 Å². The van der Waals surface area contributed by atoms with Crippen molar-refractivity contribution in [2.75, 3.05) is 12.8 Å². The van der Waals surface area contributed by atoms with Crippen LogP contribution in [-0.4, -0.2) is 12.1 Å². The van der Waals surface area contributed by atoms with Crippen molar-refractivity contribution in [2.45, 2.75) is 9.79 Å². The van der Waals surface area contributed by atoms with Crippen LogP contribution in [0, 0.1) is 0 Å². The molecule has 1 heterocycles. The molecule has 2 N–H and O–H groups in total. The van der Waals surface area contributed by atoms with Crippen LogP contribution < -0.4 is 10.5 Å². The van der Waals surface area contributed by atoms with E-state index in [0.29, 0.717) is 5.82 Å². The molecule has 0 atom stereocenters. The fraction of sp³-hybridized carbons (Fsp3) is 0.0833. The highest BCUT2D eigenvalue weighted by atomic mass is 32.2. The Bertz CT molecular complexity index is 488. The van der Waals surface area contributed by atoms with E-state index in [1.807, 2.05) is 36.4 Å². The normalized spacial score (nSPS) is 10.1. The van der Waals surface area contributed by atoms with E-state index in [4.69, 9.17) is 10.5 Å². The maximum Gasteiger partial charge on any atom is 0.132 e. The van der Waals surface area contributed by atoms with Gasteiger partial charge in [0.15, 0.2) is 0 Å². The van der Waals surface area contributed by atoms with E-state index in [9.17, 15) is 0 Å². The lowest BCUT2D eigenvalue weighted by Gasteiger charge is -2.07. The lowest BCUT2D eigenvalue weighted by molar-refractivity contribution is 0.405. The molecule has 0 aliphatic rings. The van der Waals surface area contributed by atoms with E-state index in [1.165, 1.54) is 0 Å². The van der Waals surface area contributed by atoms with E-state index in [2.05, 4.69) is 4.98 Å². The Morgan fingerprint density at radius 2 is 2.06 bits per heavy atom. The number of hydrogen-bond donors (Lipinski definition) is 1. The van der Waals surface area contributed by atoms with Gasteiger partial charge in [-0.25, -0.2) is 4.98 Å². The van der Waals surface area contributed by atoms with E-state index in [-0.39, 0.29) is 0 Å². The highest BCUT2D eigenvalue weighted by Gasteiger charge is 2.03. The first-order chi connectivity index (χ1) is 7.79. The average Bonchev–Trinajstić information content (AvgIpc) is 2.30. The Morgan fingerprint density at radius 3 is 2.81 bits per heavy atom. The van der Waals surface area contributed by atoms with Crippen LogP contribution in [-0.2, 0) is 0 Å². The third-order valence-electron chi connectivity index (χ3n) is 2.05. The highest BCUT2D eigenvalue weighted by molar-refractivity contribution is 7.99. The summed E-state index contributed by atoms with van der Waals surface area (Å²) in [5.74, 6) is 1.39. The maximum atomic E-state index is 5.63. The monoisotopic (exact) mass is 232 g/mol. The molecule has 0 fully saturated rings. The number of benzene rings is 1. The van der Waals surface area contributed by atoms with E-state index in [1.54, 1.807) is 25.1 Å². The van der Waals surface area contributed by atoms with Crippen molar-refractivity contribution in [1.82, 2.24) is 4.98 Å². The van der Waals surface area contributed by atoms with Crippen LogP contribution in [0.5, 0.6) is 5.75 Å². The molecule has 0 saturated heterocycles. The SMILES string of the molecule is COc1ccccc1Sc1ccnc(N)c1. The molecule has 0 aliphatic heterocycles. The number of rotatable bonds is 3.